The van der Waals surface area contributed by atoms with Crippen molar-refractivity contribution in [1.82, 2.24) is 5.32 Å². The average Bonchev–Trinajstić information content (AvgIpc) is 2.72. The van der Waals surface area contributed by atoms with Crippen LogP contribution in [0.5, 0.6) is 0 Å². The Morgan fingerprint density at radius 2 is 1.96 bits per heavy atom. The van der Waals surface area contributed by atoms with E-state index < -0.39 is 18.3 Å². The molecule has 2 N–H and O–H groups in total. The SMILES string of the molecule is CC1(C)OB(/C(C=N)=C/NCCOC2CCCCO2)OC1(C)C. The van der Waals surface area contributed by atoms with Crippen LogP contribution in [0.3, 0.4) is 0 Å². The highest BCUT2D eigenvalue weighted by Gasteiger charge is 2.52. The van der Waals surface area contributed by atoms with Crippen LogP contribution in [0.1, 0.15) is 47.0 Å². The van der Waals surface area contributed by atoms with Crippen LogP contribution in [-0.4, -0.2) is 50.6 Å². The number of ether oxygens (including phenoxy) is 2. The van der Waals surface area contributed by atoms with Gasteiger partial charge in [-0.1, -0.05) is 0 Å². The van der Waals surface area contributed by atoms with Gasteiger partial charge < -0.3 is 29.5 Å². The summed E-state index contributed by atoms with van der Waals surface area (Å²) in [6, 6.07) is 0. The predicted octanol–water partition coefficient (Wildman–Crippen LogP) is 2.28. The van der Waals surface area contributed by atoms with Crippen molar-refractivity contribution in [3.05, 3.63) is 11.7 Å². The lowest BCUT2D eigenvalue weighted by Crippen LogP contribution is -2.41. The predicted molar refractivity (Wildman–Crippen MR) is 90.5 cm³/mol. The van der Waals surface area contributed by atoms with Gasteiger partial charge in [0.05, 0.1) is 17.8 Å². The first kappa shape index (κ1) is 18.5. The van der Waals surface area contributed by atoms with Gasteiger partial charge in [0.25, 0.3) is 0 Å². The van der Waals surface area contributed by atoms with Crippen molar-refractivity contribution in [3.8, 4) is 0 Å². The molecule has 2 saturated heterocycles. The summed E-state index contributed by atoms with van der Waals surface area (Å²) in [6.45, 7) is 10.0. The lowest BCUT2D eigenvalue weighted by atomic mass is 9.79. The van der Waals surface area contributed by atoms with E-state index in [0.29, 0.717) is 18.6 Å². The molecule has 2 aliphatic rings. The second-order valence-electron chi connectivity index (χ2n) is 7.00. The second kappa shape index (κ2) is 7.79. The first-order valence-electron chi connectivity index (χ1n) is 8.38. The van der Waals surface area contributed by atoms with Gasteiger partial charge >= 0.3 is 7.12 Å². The highest BCUT2D eigenvalue weighted by Crippen LogP contribution is 2.38. The molecule has 1 atom stereocenters. The van der Waals surface area contributed by atoms with Crippen molar-refractivity contribution in [1.29, 1.82) is 5.41 Å². The van der Waals surface area contributed by atoms with Gasteiger partial charge in [0.2, 0.25) is 0 Å². The van der Waals surface area contributed by atoms with E-state index in [0.717, 1.165) is 25.9 Å². The Morgan fingerprint density at radius 1 is 1.26 bits per heavy atom. The monoisotopic (exact) mass is 324 g/mol. The van der Waals surface area contributed by atoms with Crippen molar-refractivity contribution in [2.24, 2.45) is 0 Å². The van der Waals surface area contributed by atoms with Crippen LogP contribution < -0.4 is 5.32 Å². The summed E-state index contributed by atoms with van der Waals surface area (Å²) < 4.78 is 23.0. The van der Waals surface area contributed by atoms with Gasteiger partial charge in [-0.15, -0.1) is 0 Å². The van der Waals surface area contributed by atoms with Crippen LogP contribution >= 0.6 is 0 Å². The van der Waals surface area contributed by atoms with Crippen LogP contribution in [0.25, 0.3) is 0 Å². The van der Waals surface area contributed by atoms with E-state index in [4.69, 9.17) is 24.2 Å². The normalized spacial score (nSPS) is 27.0. The second-order valence-corrected chi connectivity index (χ2v) is 7.00. The molecule has 0 saturated carbocycles. The Labute approximate surface area is 139 Å². The van der Waals surface area contributed by atoms with E-state index in [1.54, 1.807) is 6.20 Å². The molecule has 7 heteroatoms. The lowest BCUT2D eigenvalue weighted by Gasteiger charge is -2.32. The molecule has 0 bridgehead atoms. The summed E-state index contributed by atoms with van der Waals surface area (Å²) in [5.74, 6) is 0. The van der Waals surface area contributed by atoms with E-state index in [9.17, 15) is 0 Å². The number of nitrogens with one attached hydrogen (secondary N) is 2. The number of hydrogen-bond donors (Lipinski definition) is 2. The molecule has 0 radical (unpaired) electrons. The van der Waals surface area contributed by atoms with Crippen molar-refractivity contribution in [2.45, 2.75) is 64.4 Å². The summed E-state index contributed by atoms with van der Waals surface area (Å²) >= 11 is 0. The van der Waals surface area contributed by atoms with E-state index in [1.807, 2.05) is 27.7 Å². The van der Waals surface area contributed by atoms with Crippen LogP contribution in [-0.2, 0) is 18.8 Å². The van der Waals surface area contributed by atoms with Crippen LogP contribution in [0.4, 0.5) is 0 Å². The fourth-order valence-corrected chi connectivity index (χ4v) is 2.44. The number of allylic oxidation sites excluding steroid dienone is 1. The van der Waals surface area contributed by atoms with Gasteiger partial charge in [-0.05, 0) is 53.2 Å². The Morgan fingerprint density at radius 3 is 2.52 bits per heavy atom. The molecule has 130 valence electrons. The molecule has 2 fully saturated rings. The Bertz CT molecular complexity index is 418. The topological polar surface area (TPSA) is 72.8 Å². The van der Waals surface area contributed by atoms with Crippen LogP contribution in [0.2, 0.25) is 0 Å². The maximum Gasteiger partial charge on any atom is 0.497 e. The maximum absolute atomic E-state index is 7.58. The first-order chi connectivity index (χ1) is 10.9. The zero-order chi connectivity index (χ0) is 16.9. The Hall–Kier alpha value is -0.885. The smallest absolute Gasteiger partial charge is 0.399 e. The maximum atomic E-state index is 7.58. The summed E-state index contributed by atoms with van der Waals surface area (Å²) in [7, 11) is -0.521. The standard InChI is InChI=1S/C16H29BN2O4/c1-15(2)16(3,4)23-17(22-15)13(11-18)12-19-8-10-21-14-7-5-6-9-20-14/h11-12,14,18-19H,5-10H2,1-4H3/b13-12+,18-11?. The van der Waals surface area contributed by atoms with E-state index in [-0.39, 0.29) is 6.29 Å². The van der Waals surface area contributed by atoms with Crippen LogP contribution in [0.15, 0.2) is 11.7 Å². The summed E-state index contributed by atoms with van der Waals surface area (Å²) in [5, 5.41) is 10.7. The molecule has 0 aromatic carbocycles. The quantitative estimate of drug-likeness (QED) is 0.427. The molecule has 0 amide bonds. The van der Waals surface area contributed by atoms with Crippen molar-refractivity contribution < 1.29 is 18.8 Å². The fraction of sp³-hybridized carbons (Fsp3) is 0.812. The molecule has 6 nitrogen and oxygen atoms in total. The Balaban J connectivity index is 1.75. The molecular formula is C16H29BN2O4. The molecule has 0 aliphatic carbocycles. The average molecular weight is 324 g/mol. The van der Waals surface area contributed by atoms with E-state index >= 15 is 0 Å². The van der Waals surface area contributed by atoms with Gasteiger partial charge in [-0.25, -0.2) is 0 Å². The third-order valence-electron chi connectivity index (χ3n) is 4.65. The highest BCUT2D eigenvalue weighted by molar-refractivity contribution is 6.60. The number of hydrogen-bond acceptors (Lipinski definition) is 6. The van der Waals surface area contributed by atoms with Gasteiger partial charge in [0.1, 0.15) is 0 Å². The van der Waals surface area contributed by atoms with Gasteiger partial charge in [0, 0.05) is 24.8 Å². The molecule has 2 heterocycles. The molecule has 2 rings (SSSR count). The van der Waals surface area contributed by atoms with Gasteiger partial charge in [0.15, 0.2) is 6.29 Å². The zero-order valence-corrected chi connectivity index (χ0v) is 14.7. The van der Waals surface area contributed by atoms with Crippen molar-refractivity contribution >= 4 is 13.3 Å². The summed E-state index contributed by atoms with van der Waals surface area (Å²) in [4.78, 5) is 0. The summed E-state index contributed by atoms with van der Waals surface area (Å²) in [6.07, 6.45) is 6.21. The van der Waals surface area contributed by atoms with E-state index in [2.05, 4.69) is 5.32 Å². The van der Waals surface area contributed by atoms with Gasteiger partial charge in [-0.2, -0.15) is 0 Å². The molecule has 2 aliphatic heterocycles. The van der Waals surface area contributed by atoms with Gasteiger partial charge in [-0.3, -0.25) is 0 Å². The van der Waals surface area contributed by atoms with Crippen molar-refractivity contribution in [2.75, 3.05) is 19.8 Å². The van der Waals surface area contributed by atoms with E-state index in [1.165, 1.54) is 6.21 Å². The first-order valence-corrected chi connectivity index (χ1v) is 8.38. The molecule has 0 aromatic heterocycles. The largest absolute Gasteiger partial charge is 0.497 e. The van der Waals surface area contributed by atoms with Crippen LogP contribution in [0, 0.1) is 5.41 Å². The minimum atomic E-state index is -0.521. The fourth-order valence-electron chi connectivity index (χ4n) is 2.44. The minimum absolute atomic E-state index is 0.0696. The zero-order valence-electron chi connectivity index (χ0n) is 14.7. The Kier molecular flexibility index (Phi) is 6.25. The number of rotatable bonds is 7. The highest BCUT2D eigenvalue weighted by atomic mass is 16.7. The molecular weight excluding hydrogens is 295 g/mol. The molecule has 23 heavy (non-hydrogen) atoms. The molecule has 1 unspecified atom stereocenters. The minimum Gasteiger partial charge on any atom is -0.399 e. The summed E-state index contributed by atoms with van der Waals surface area (Å²) in [5.41, 5.74) is -0.139. The molecule has 0 aromatic rings. The van der Waals surface area contributed by atoms with Crippen molar-refractivity contribution in [3.63, 3.8) is 0 Å². The third-order valence-corrected chi connectivity index (χ3v) is 4.65. The lowest BCUT2D eigenvalue weighted by molar-refractivity contribution is -0.161. The molecule has 0 spiro atoms. The third kappa shape index (κ3) is 4.79.